The normalized spacial score (nSPS) is 10.9. The Bertz CT molecular complexity index is 1040. The first-order valence-corrected chi connectivity index (χ1v) is 7.49. The molecule has 4 heteroatoms. The standard InChI is InChI=1S/C20H12F2N2/c21-14-9-10-15(16(22)12-14)18-6-3-7-19(24-18)20-11-8-13-4-1-2-5-17(13)23-20/h1-12H. The van der Waals surface area contributed by atoms with Crippen molar-refractivity contribution in [3.63, 3.8) is 0 Å². The molecule has 2 aromatic heterocycles. The van der Waals surface area contributed by atoms with Gasteiger partial charge in [0.2, 0.25) is 0 Å². The number of hydrogen-bond donors (Lipinski definition) is 0. The summed E-state index contributed by atoms with van der Waals surface area (Å²) in [7, 11) is 0. The molecule has 0 amide bonds. The van der Waals surface area contributed by atoms with E-state index in [2.05, 4.69) is 9.97 Å². The first-order valence-electron chi connectivity index (χ1n) is 7.49. The summed E-state index contributed by atoms with van der Waals surface area (Å²) >= 11 is 0. The Morgan fingerprint density at radius 2 is 1.42 bits per heavy atom. The lowest BCUT2D eigenvalue weighted by Gasteiger charge is -2.07. The van der Waals surface area contributed by atoms with E-state index in [1.807, 2.05) is 42.5 Å². The summed E-state index contributed by atoms with van der Waals surface area (Å²) in [6, 6.07) is 20.5. The number of benzene rings is 2. The van der Waals surface area contributed by atoms with E-state index >= 15 is 0 Å². The minimum atomic E-state index is -0.633. The molecule has 2 aromatic carbocycles. The molecule has 0 aliphatic rings. The van der Waals surface area contributed by atoms with Crippen molar-refractivity contribution >= 4 is 10.9 Å². The molecule has 116 valence electrons. The summed E-state index contributed by atoms with van der Waals surface area (Å²) in [6.07, 6.45) is 0. The maximum absolute atomic E-state index is 14.0. The minimum Gasteiger partial charge on any atom is -0.246 e. The molecule has 0 N–H and O–H groups in total. The Hall–Kier alpha value is -3.14. The summed E-state index contributed by atoms with van der Waals surface area (Å²) in [5.41, 5.74) is 2.93. The van der Waals surface area contributed by atoms with Crippen LogP contribution in [0.3, 0.4) is 0 Å². The van der Waals surface area contributed by atoms with Gasteiger partial charge in [0, 0.05) is 17.0 Å². The zero-order valence-corrected chi connectivity index (χ0v) is 12.6. The number of nitrogens with zero attached hydrogens (tertiary/aromatic N) is 2. The Balaban J connectivity index is 1.81. The van der Waals surface area contributed by atoms with Crippen LogP contribution in [0.15, 0.2) is 72.8 Å². The SMILES string of the molecule is Fc1ccc(-c2cccc(-c3ccc4ccccc4n3)n2)c(F)c1. The van der Waals surface area contributed by atoms with Gasteiger partial charge in [-0.3, -0.25) is 0 Å². The van der Waals surface area contributed by atoms with E-state index < -0.39 is 11.6 Å². The highest BCUT2D eigenvalue weighted by molar-refractivity contribution is 5.81. The predicted octanol–water partition coefficient (Wildman–Crippen LogP) is 5.24. The lowest BCUT2D eigenvalue weighted by Crippen LogP contribution is -1.93. The number of aromatic nitrogens is 2. The fraction of sp³-hybridized carbons (Fsp3) is 0. The molecule has 2 nitrogen and oxygen atoms in total. The topological polar surface area (TPSA) is 25.8 Å². The van der Waals surface area contributed by atoms with E-state index in [1.54, 1.807) is 12.1 Å². The van der Waals surface area contributed by atoms with Gasteiger partial charge in [-0.25, -0.2) is 18.7 Å². The molecule has 0 radical (unpaired) electrons. The van der Waals surface area contributed by atoms with Gasteiger partial charge in [-0.15, -0.1) is 0 Å². The molecule has 0 aliphatic carbocycles. The van der Waals surface area contributed by atoms with Crippen LogP contribution in [0.1, 0.15) is 0 Å². The molecule has 0 aliphatic heterocycles. The molecule has 0 saturated carbocycles. The van der Waals surface area contributed by atoms with Crippen molar-refractivity contribution in [3.8, 4) is 22.6 Å². The second-order valence-corrected chi connectivity index (χ2v) is 5.42. The van der Waals surface area contributed by atoms with Crippen LogP contribution in [0.5, 0.6) is 0 Å². The molecule has 4 aromatic rings. The lowest BCUT2D eigenvalue weighted by molar-refractivity contribution is 0.585. The highest BCUT2D eigenvalue weighted by Crippen LogP contribution is 2.25. The van der Waals surface area contributed by atoms with Crippen LogP contribution in [-0.2, 0) is 0 Å². The van der Waals surface area contributed by atoms with E-state index in [0.29, 0.717) is 17.1 Å². The van der Waals surface area contributed by atoms with Gasteiger partial charge in [0.05, 0.1) is 22.6 Å². The van der Waals surface area contributed by atoms with Crippen LogP contribution in [0.25, 0.3) is 33.5 Å². The van der Waals surface area contributed by atoms with Gasteiger partial charge in [-0.2, -0.15) is 0 Å². The summed E-state index contributed by atoms with van der Waals surface area (Å²) in [5.74, 6) is -1.24. The molecule has 0 unspecified atom stereocenters. The molecule has 0 fully saturated rings. The molecule has 0 saturated heterocycles. The van der Waals surface area contributed by atoms with Gasteiger partial charge in [-0.1, -0.05) is 30.3 Å². The van der Waals surface area contributed by atoms with Gasteiger partial charge in [0.1, 0.15) is 11.6 Å². The molecule has 4 rings (SSSR count). The first kappa shape index (κ1) is 14.5. The second kappa shape index (κ2) is 5.81. The van der Waals surface area contributed by atoms with Crippen LogP contribution < -0.4 is 0 Å². The Morgan fingerprint density at radius 3 is 2.29 bits per heavy atom. The van der Waals surface area contributed by atoms with E-state index in [9.17, 15) is 8.78 Å². The van der Waals surface area contributed by atoms with Gasteiger partial charge >= 0.3 is 0 Å². The van der Waals surface area contributed by atoms with Crippen molar-refractivity contribution in [2.75, 3.05) is 0 Å². The lowest BCUT2D eigenvalue weighted by atomic mass is 10.1. The number of halogens is 2. The van der Waals surface area contributed by atoms with Crippen molar-refractivity contribution in [2.24, 2.45) is 0 Å². The number of para-hydroxylation sites is 1. The number of hydrogen-bond acceptors (Lipinski definition) is 2. The van der Waals surface area contributed by atoms with Gasteiger partial charge in [-0.05, 0) is 36.4 Å². The van der Waals surface area contributed by atoms with Crippen LogP contribution in [0.4, 0.5) is 8.78 Å². The van der Waals surface area contributed by atoms with Gasteiger partial charge in [0.25, 0.3) is 0 Å². The van der Waals surface area contributed by atoms with Gasteiger partial charge < -0.3 is 0 Å². The van der Waals surface area contributed by atoms with Crippen LogP contribution >= 0.6 is 0 Å². The van der Waals surface area contributed by atoms with E-state index in [-0.39, 0.29) is 5.56 Å². The Kier molecular flexibility index (Phi) is 3.50. The fourth-order valence-corrected chi connectivity index (χ4v) is 2.63. The minimum absolute atomic E-state index is 0.263. The number of pyridine rings is 2. The van der Waals surface area contributed by atoms with E-state index in [4.69, 9.17) is 0 Å². The Labute approximate surface area is 137 Å². The van der Waals surface area contributed by atoms with Crippen LogP contribution in [0, 0.1) is 11.6 Å². The highest BCUT2D eigenvalue weighted by atomic mass is 19.1. The third-order valence-electron chi connectivity index (χ3n) is 3.82. The van der Waals surface area contributed by atoms with Crippen LogP contribution in [0.2, 0.25) is 0 Å². The van der Waals surface area contributed by atoms with Crippen molar-refractivity contribution < 1.29 is 8.78 Å². The smallest absolute Gasteiger partial charge is 0.135 e. The quantitative estimate of drug-likeness (QED) is 0.505. The molecular formula is C20H12F2N2. The van der Waals surface area contributed by atoms with Crippen molar-refractivity contribution in [3.05, 3.63) is 84.4 Å². The molecule has 0 atom stereocenters. The molecule has 0 spiro atoms. The van der Waals surface area contributed by atoms with E-state index in [1.165, 1.54) is 12.1 Å². The number of fused-ring (bicyclic) bond motifs is 1. The summed E-state index contributed by atoms with van der Waals surface area (Å²) in [4.78, 5) is 9.09. The zero-order valence-electron chi connectivity index (χ0n) is 12.6. The Morgan fingerprint density at radius 1 is 0.625 bits per heavy atom. The van der Waals surface area contributed by atoms with E-state index in [0.717, 1.165) is 17.0 Å². The average Bonchev–Trinajstić information content (AvgIpc) is 2.61. The maximum Gasteiger partial charge on any atom is 0.135 e. The van der Waals surface area contributed by atoms with Crippen molar-refractivity contribution in [2.45, 2.75) is 0 Å². The van der Waals surface area contributed by atoms with Crippen LogP contribution in [-0.4, -0.2) is 9.97 Å². The molecular weight excluding hydrogens is 306 g/mol. The third-order valence-corrected chi connectivity index (χ3v) is 3.82. The predicted molar refractivity (Wildman–Crippen MR) is 90.3 cm³/mol. The van der Waals surface area contributed by atoms with Crippen molar-refractivity contribution in [1.82, 2.24) is 9.97 Å². The monoisotopic (exact) mass is 318 g/mol. The number of rotatable bonds is 2. The third kappa shape index (κ3) is 2.63. The zero-order chi connectivity index (χ0) is 16.5. The fourth-order valence-electron chi connectivity index (χ4n) is 2.63. The highest BCUT2D eigenvalue weighted by Gasteiger charge is 2.10. The largest absolute Gasteiger partial charge is 0.246 e. The maximum atomic E-state index is 14.0. The molecule has 24 heavy (non-hydrogen) atoms. The summed E-state index contributed by atoms with van der Waals surface area (Å²) in [5, 5.41) is 1.04. The first-order chi connectivity index (χ1) is 11.7. The molecule has 2 heterocycles. The average molecular weight is 318 g/mol. The second-order valence-electron chi connectivity index (χ2n) is 5.42. The summed E-state index contributed by atoms with van der Waals surface area (Å²) in [6.45, 7) is 0. The van der Waals surface area contributed by atoms with Gasteiger partial charge in [0.15, 0.2) is 0 Å². The summed E-state index contributed by atoms with van der Waals surface area (Å²) < 4.78 is 27.1. The van der Waals surface area contributed by atoms with Crippen molar-refractivity contribution in [1.29, 1.82) is 0 Å². The molecule has 0 bridgehead atoms.